The number of hydrogen-bond donors (Lipinski definition) is 3. The van der Waals surface area contributed by atoms with Crippen LogP contribution in [0.2, 0.25) is 0 Å². The van der Waals surface area contributed by atoms with Gasteiger partial charge in [0.15, 0.2) is 6.10 Å². The molecule has 0 aliphatic carbocycles. The smallest absolute Gasteiger partial charge is 0.416 e. The summed E-state index contributed by atoms with van der Waals surface area (Å²) in [4.78, 5) is 10.4. The van der Waals surface area contributed by atoms with Crippen LogP contribution in [-0.2, 0) is 11.0 Å². The van der Waals surface area contributed by atoms with E-state index in [1.165, 1.54) is 0 Å². The van der Waals surface area contributed by atoms with E-state index in [1.54, 1.807) is 0 Å². The zero-order valence-corrected chi connectivity index (χ0v) is 8.35. The quantitative estimate of drug-likeness (QED) is 0.752. The highest BCUT2D eigenvalue weighted by atomic mass is 19.4. The molecule has 0 aromatic heterocycles. The number of benzene rings is 1. The van der Waals surface area contributed by atoms with E-state index in [1.807, 2.05) is 0 Å². The van der Waals surface area contributed by atoms with Gasteiger partial charge in [-0.15, -0.1) is 0 Å². The Bertz CT molecular complexity index is 416. The summed E-state index contributed by atoms with van der Waals surface area (Å²) in [6.45, 7) is 0. The minimum Gasteiger partial charge on any atom is -0.479 e. The lowest BCUT2D eigenvalue weighted by Crippen LogP contribution is -2.27. The first-order valence-electron chi connectivity index (χ1n) is 4.49. The highest BCUT2D eigenvalue weighted by Crippen LogP contribution is 2.31. The molecule has 0 heterocycles. The summed E-state index contributed by atoms with van der Waals surface area (Å²) in [5.41, 5.74) is -1.33. The maximum atomic E-state index is 12.3. The Labute approximate surface area is 93.9 Å². The minimum atomic E-state index is -4.59. The van der Waals surface area contributed by atoms with E-state index < -0.39 is 29.9 Å². The van der Waals surface area contributed by atoms with Crippen molar-refractivity contribution in [1.29, 1.82) is 0 Å². The predicted molar refractivity (Wildman–Crippen MR) is 50.0 cm³/mol. The van der Waals surface area contributed by atoms with Gasteiger partial charge in [-0.05, 0) is 17.7 Å². The normalized spacial score (nSPS) is 15.4. The summed E-state index contributed by atoms with van der Waals surface area (Å²) in [5.74, 6) is -1.71. The maximum Gasteiger partial charge on any atom is 0.416 e. The molecule has 0 radical (unpaired) electrons. The van der Waals surface area contributed by atoms with Crippen LogP contribution in [-0.4, -0.2) is 27.4 Å². The molecule has 0 saturated carbocycles. The molecule has 1 rings (SSSR count). The van der Waals surface area contributed by atoms with Gasteiger partial charge in [-0.2, -0.15) is 13.2 Å². The second-order valence-corrected chi connectivity index (χ2v) is 3.35. The van der Waals surface area contributed by atoms with Gasteiger partial charge < -0.3 is 15.3 Å². The average Bonchev–Trinajstić information content (AvgIpc) is 2.26. The zero-order chi connectivity index (χ0) is 13.2. The topological polar surface area (TPSA) is 77.8 Å². The Hall–Kier alpha value is -1.60. The second kappa shape index (κ2) is 4.72. The molecule has 17 heavy (non-hydrogen) atoms. The van der Waals surface area contributed by atoms with E-state index in [0.29, 0.717) is 6.07 Å². The Morgan fingerprint density at radius 3 is 2.29 bits per heavy atom. The van der Waals surface area contributed by atoms with Crippen molar-refractivity contribution in [3.05, 3.63) is 35.4 Å². The van der Waals surface area contributed by atoms with Crippen LogP contribution < -0.4 is 0 Å². The zero-order valence-electron chi connectivity index (χ0n) is 8.35. The molecule has 1 aromatic rings. The van der Waals surface area contributed by atoms with Gasteiger partial charge in [-0.1, -0.05) is 12.1 Å². The summed E-state index contributed by atoms with van der Waals surface area (Å²) in [5, 5.41) is 26.8. The van der Waals surface area contributed by atoms with Gasteiger partial charge in [-0.25, -0.2) is 4.79 Å². The van der Waals surface area contributed by atoms with Gasteiger partial charge in [0.1, 0.15) is 6.10 Å². The Morgan fingerprint density at radius 2 is 1.82 bits per heavy atom. The molecule has 1 aromatic carbocycles. The number of carboxylic acids is 1. The number of alkyl halides is 3. The molecule has 0 saturated heterocycles. The monoisotopic (exact) mass is 250 g/mol. The summed E-state index contributed by atoms with van der Waals surface area (Å²) < 4.78 is 37.0. The minimum absolute atomic E-state index is 0.310. The standard InChI is InChI=1S/C10H9F3O4/c11-10(12,13)6-3-1-2-5(4-6)7(14)8(15)9(16)17/h1-4,7-8,14-15H,(H,16,17). The van der Waals surface area contributed by atoms with Crippen LogP contribution in [0, 0.1) is 0 Å². The van der Waals surface area contributed by atoms with Crippen molar-refractivity contribution in [3.8, 4) is 0 Å². The number of hydrogen-bond acceptors (Lipinski definition) is 3. The van der Waals surface area contributed by atoms with Gasteiger partial charge in [-0.3, -0.25) is 0 Å². The molecule has 3 N–H and O–H groups in total. The van der Waals surface area contributed by atoms with Crippen molar-refractivity contribution in [2.24, 2.45) is 0 Å². The third-order valence-corrected chi connectivity index (χ3v) is 2.11. The first-order valence-corrected chi connectivity index (χ1v) is 4.49. The Balaban J connectivity index is 3.04. The molecule has 0 aliphatic heterocycles. The van der Waals surface area contributed by atoms with Crippen molar-refractivity contribution in [2.45, 2.75) is 18.4 Å². The first-order chi connectivity index (χ1) is 7.73. The number of halogens is 3. The molecule has 94 valence electrons. The number of aliphatic hydroxyl groups is 2. The molecular weight excluding hydrogens is 241 g/mol. The number of rotatable bonds is 3. The maximum absolute atomic E-state index is 12.3. The molecular formula is C10H9F3O4. The molecule has 0 bridgehead atoms. The fraction of sp³-hybridized carbons (Fsp3) is 0.300. The molecule has 0 fully saturated rings. The van der Waals surface area contributed by atoms with Gasteiger partial charge in [0.05, 0.1) is 5.56 Å². The van der Waals surface area contributed by atoms with E-state index in [0.717, 1.165) is 18.2 Å². The number of aliphatic hydroxyl groups excluding tert-OH is 2. The van der Waals surface area contributed by atoms with E-state index in [9.17, 15) is 23.1 Å². The summed E-state index contributed by atoms with van der Waals surface area (Å²) >= 11 is 0. The van der Waals surface area contributed by atoms with E-state index >= 15 is 0 Å². The highest BCUT2D eigenvalue weighted by molar-refractivity contribution is 5.73. The van der Waals surface area contributed by atoms with Crippen LogP contribution in [0.1, 0.15) is 17.2 Å². The molecule has 0 amide bonds. The molecule has 7 heteroatoms. The molecule has 4 nitrogen and oxygen atoms in total. The molecule has 2 atom stereocenters. The molecule has 2 unspecified atom stereocenters. The fourth-order valence-electron chi connectivity index (χ4n) is 1.22. The number of carbonyl (C=O) groups is 1. The van der Waals surface area contributed by atoms with E-state index in [4.69, 9.17) is 10.2 Å². The van der Waals surface area contributed by atoms with Crippen LogP contribution >= 0.6 is 0 Å². The number of carboxylic acid groups (broad SMARTS) is 1. The van der Waals surface area contributed by atoms with Crippen LogP contribution in [0.5, 0.6) is 0 Å². The van der Waals surface area contributed by atoms with E-state index in [2.05, 4.69) is 0 Å². The Morgan fingerprint density at radius 1 is 1.24 bits per heavy atom. The SMILES string of the molecule is O=C(O)C(O)C(O)c1cccc(C(F)(F)F)c1. The second-order valence-electron chi connectivity index (χ2n) is 3.35. The summed E-state index contributed by atoms with van der Waals surface area (Å²) in [7, 11) is 0. The lowest BCUT2D eigenvalue weighted by Gasteiger charge is -2.15. The Kier molecular flexibility index (Phi) is 3.74. The largest absolute Gasteiger partial charge is 0.479 e. The van der Waals surface area contributed by atoms with Crippen LogP contribution in [0.15, 0.2) is 24.3 Å². The van der Waals surface area contributed by atoms with Crippen molar-refractivity contribution < 1.29 is 33.3 Å². The number of aliphatic carboxylic acids is 1. The fourth-order valence-corrected chi connectivity index (χ4v) is 1.22. The van der Waals surface area contributed by atoms with E-state index in [-0.39, 0.29) is 5.56 Å². The highest BCUT2D eigenvalue weighted by Gasteiger charge is 2.32. The van der Waals surface area contributed by atoms with Gasteiger partial charge in [0.25, 0.3) is 0 Å². The van der Waals surface area contributed by atoms with Crippen molar-refractivity contribution in [1.82, 2.24) is 0 Å². The van der Waals surface area contributed by atoms with Crippen molar-refractivity contribution >= 4 is 5.97 Å². The lowest BCUT2D eigenvalue weighted by molar-refractivity contribution is -0.153. The first kappa shape index (κ1) is 13.5. The van der Waals surface area contributed by atoms with Crippen molar-refractivity contribution in [2.75, 3.05) is 0 Å². The lowest BCUT2D eigenvalue weighted by atomic mass is 10.0. The summed E-state index contributed by atoms with van der Waals surface area (Å²) in [6.07, 6.45) is -8.67. The van der Waals surface area contributed by atoms with Crippen LogP contribution in [0.4, 0.5) is 13.2 Å². The van der Waals surface area contributed by atoms with Crippen molar-refractivity contribution in [3.63, 3.8) is 0 Å². The average molecular weight is 250 g/mol. The summed E-state index contributed by atoms with van der Waals surface area (Å²) in [6, 6.07) is 3.50. The van der Waals surface area contributed by atoms with Gasteiger partial charge in [0, 0.05) is 0 Å². The van der Waals surface area contributed by atoms with Gasteiger partial charge in [0.2, 0.25) is 0 Å². The van der Waals surface area contributed by atoms with Crippen LogP contribution in [0.3, 0.4) is 0 Å². The van der Waals surface area contributed by atoms with Gasteiger partial charge >= 0.3 is 12.1 Å². The third-order valence-electron chi connectivity index (χ3n) is 2.11. The predicted octanol–water partition coefficient (Wildman–Crippen LogP) is 1.18. The molecule has 0 spiro atoms. The third kappa shape index (κ3) is 3.18. The molecule has 0 aliphatic rings. The van der Waals surface area contributed by atoms with Crippen LogP contribution in [0.25, 0.3) is 0 Å².